The van der Waals surface area contributed by atoms with Crippen LogP contribution >= 0.6 is 0 Å². The van der Waals surface area contributed by atoms with Gasteiger partial charge in [0.05, 0.1) is 6.04 Å². The van der Waals surface area contributed by atoms with E-state index in [2.05, 4.69) is 29.2 Å². The summed E-state index contributed by atoms with van der Waals surface area (Å²) >= 11 is 0. The van der Waals surface area contributed by atoms with Gasteiger partial charge in [-0.1, -0.05) is 36.4 Å². The van der Waals surface area contributed by atoms with Gasteiger partial charge < -0.3 is 10.6 Å². The summed E-state index contributed by atoms with van der Waals surface area (Å²) in [6.07, 6.45) is 1.77. The van der Waals surface area contributed by atoms with Crippen LogP contribution in [0.15, 0.2) is 54.6 Å². The Labute approximate surface area is 159 Å². The summed E-state index contributed by atoms with van der Waals surface area (Å²) in [7, 11) is 0. The number of carbonyl (C=O) groups excluding carboxylic acids is 1. The van der Waals surface area contributed by atoms with E-state index in [1.165, 1.54) is 17.7 Å². The van der Waals surface area contributed by atoms with Crippen molar-refractivity contribution in [2.24, 2.45) is 11.7 Å². The molecule has 0 aliphatic carbocycles. The molecule has 4 nitrogen and oxygen atoms in total. The van der Waals surface area contributed by atoms with Crippen LogP contribution in [0.1, 0.15) is 24.3 Å². The minimum absolute atomic E-state index is 0.0799. The molecule has 5 heteroatoms. The number of hydrogen-bond acceptors (Lipinski definition) is 3. The van der Waals surface area contributed by atoms with Gasteiger partial charge in [-0.3, -0.25) is 9.69 Å². The number of amides is 1. The lowest BCUT2D eigenvalue weighted by Gasteiger charge is -2.37. The molecule has 2 fully saturated rings. The highest BCUT2D eigenvalue weighted by Crippen LogP contribution is 2.35. The van der Waals surface area contributed by atoms with Crippen molar-refractivity contribution in [1.29, 1.82) is 0 Å². The summed E-state index contributed by atoms with van der Waals surface area (Å²) in [6, 6.07) is 16.6. The van der Waals surface area contributed by atoms with Crippen LogP contribution in [0.4, 0.5) is 10.1 Å². The average Bonchev–Trinajstić information content (AvgIpc) is 3.13. The SMILES string of the molecule is NC[C@@H]1CN(C2CCCN(c3cccc(F)c3)C2=O)C[C@H]1c1ccccc1. The number of benzene rings is 2. The molecule has 2 aromatic rings. The number of rotatable bonds is 4. The van der Waals surface area contributed by atoms with Gasteiger partial charge in [0.2, 0.25) is 5.91 Å². The molecule has 2 aliphatic heterocycles. The molecule has 27 heavy (non-hydrogen) atoms. The van der Waals surface area contributed by atoms with E-state index in [0.29, 0.717) is 30.6 Å². The highest BCUT2D eigenvalue weighted by atomic mass is 19.1. The third-order valence-corrected chi connectivity index (χ3v) is 5.97. The first-order valence-corrected chi connectivity index (χ1v) is 9.73. The fraction of sp³-hybridized carbons (Fsp3) is 0.409. The van der Waals surface area contributed by atoms with Crippen molar-refractivity contribution in [1.82, 2.24) is 4.90 Å². The predicted molar refractivity (Wildman–Crippen MR) is 105 cm³/mol. The molecular formula is C22H26FN3O. The Bertz CT molecular complexity index is 797. The van der Waals surface area contributed by atoms with Gasteiger partial charge >= 0.3 is 0 Å². The van der Waals surface area contributed by atoms with E-state index < -0.39 is 0 Å². The van der Waals surface area contributed by atoms with Gasteiger partial charge in [-0.05, 0) is 49.1 Å². The second kappa shape index (κ2) is 7.79. The quantitative estimate of drug-likeness (QED) is 0.904. The molecule has 2 heterocycles. The lowest BCUT2D eigenvalue weighted by atomic mass is 9.89. The molecule has 0 aromatic heterocycles. The van der Waals surface area contributed by atoms with Crippen LogP contribution in [-0.4, -0.2) is 43.0 Å². The summed E-state index contributed by atoms with van der Waals surface area (Å²) in [5.74, 6) is 0.477. The molecule has 2 aromatic carbocycles. The number of halogens is 1. The van der Waals surface area contributed by atoms with E-state index in [9.17, 15) is 9.18 Å². The highest BCUT2D eigenvalue weighted by molar-refractivity contribution is 5.98. The monoisotopic (exact) mass is 367 g/mol. The van der Waals surface area contributed by atoms with Crippen LogP contribution in [0.25, 0.3) is 0 Å². The number of hydrogen-bond donors (Lipinski definition) is 1. The second-order valence-electron chi connectivity index (χ2n) is 7.59. The van der Waals surface area contributed by atoms with Gasteiger partial charge in [-0.2, -0.15) is 0 Å². The van der Waals surface area contributed by atoms with Crippen molar-refractivity contribution in [2.75, 3.05) is 31.1 Å². The Balaban J connectivity index is 1.53. The van der Waals surface area contributed by atoms with Crippen LogP contribution in [0, 0.1) is 11.7 Å². The van der Waals surface area contributed by atoms with Crippen LogP contribution in [0.3, 0.4) is 0 Å². The van der Waals surface area contributed by atoms with E-state index in [4.69, 9.17) is 5.73 Å². The minimum Gasteiger partial charge on any atom is -0.330 e. The third-order valence-electron chi connectivity index (χ3n) is 5.97. The molecule has 1 unspecified atom stereocenters. The summed E-state index contributed by atoms with van der Waals surface area (Å²) in [5, 5.41) is 0. The Kier molecular flexibility index (Phi) is 5.23. The maximum atomic E-state index is 13.6. The molecule has 0 bridgehead atoms. The molecule has 3 atom stereocenters. The van der Waals surface area contributed by atoms with Gasteiger partial charge in [-0.25, -0.2) is 4.39 Å². The van der Waals surface area contributed by atoms with E-state index >= 15 is 0 Å². The third kappa shape index (κ3) is 3.62. The Morgan fingerprint density at radius 3 is 2.63 bits per heavy atom. The zero-order valence-electron chi connectivity index (χ0n) is 15.4. The number of likely N-dealkylation sites (tertiary alicyclic amines) is 1. The smallest absolute Gasteiger partial charge is 0.244 e. The van der Waals surface area contributed by atoms with Crippen molar-refractivity contribution < 1.29 is 9.18 Å². The Hall–Kier alpha value is -2.24. The Morgan fingerprint density at radius 1 is 1.07 bits per heavy atom. The van der Waals surface area contributed by atoms with Gasteiger partial charge in [-0.15, -0.1) is 0 Å². The lowest BCUT2D eigenvalue weighted by molar-refractivity contribution is -0.125. The van der Waals surface area contributed by atoms with E-state index in [0.717, 1.165) is 25.9 Å². The summed E-state index contributed by atoms with van der Waals surface area (Å²) in [4.78, 5) is 17.2. The van der Waals surface area contributed by atoms with Crippen molar-refractivity contribution in [3.05, 3.63) is 66.0 Å². The second-order valence-corrected chi connectivity index (χ2v) is 7.59. The molecule has 4 rings (SSSR count). The van der Waals surface area contributed by atoms with Crippen LogP contribution in [0.5, 0.6) is 0 Å². The first-order chi connectivity index (χ1) is 13.2. The number of carbonyl (C=O) groups is 1. The standard InChI is InChI=1S/C22H26FN3O/c23-18-8-4-9-19(12-18)26-11-5-10-21(22(26)27)25-14-17(13-24)20(15-25)16-6-2-1-3-7-16/h1-4,6-9,12,17,20-21H,5,10-11,13-15,24H2/t17-,20+,21?/m1/s1. The number of nitrogens with two attached hydrogens (primary N) is 1. The molecule has 2 saturated heterocycles. The summed E-state index contributed by atoms with van der Waals surface area (Å²) < 4.78 is 13.6. The van der Waals surface area contributed by atoms with Gasteiger partial charge in [0.25, 0.3) is 0 Å². The summed E-state index contributed by atoms with van der Waals surface area (Å²) in [6.45, 7) is 2.95. The van der Waals surface area contributed by atoms with Gasteiger partial charge in [0.15, 0.2) is 0 Å². The number of piperidine rings is 1. The van der Waals surface area contributed by atoms with Gasteiger partial charge in [0, 0.05) is 31.2 Å². The summed E-state index contributed by atoms with van der Waals surface area (Å²) in [5.41, 5.74) is 8.00. The molecule has 0 radical (unpaired) electrons. The molecule has 2 aliphatic rings. The molecule has 142 valence electrons. The van der Waals surface area contributed by atoms with Crippen LogP contribution < -0.4 is 10.6 Å². The van der Waals surface area contributed by atoms with Crippen LogP contribution in [0.2, 0.25) is 0 Å². The normalized spacial score (nSPS) is 26.5. The number of anilines is 1. The number of nitrogens with zero attached hydrogens (tertiary/aromatic N) is 2. The maximum absolute atomic E-state index is 13.6. The maximum Gasteiger partial charge on any atom is 0.244 e. The van der Waals surface area contributed by atoms with Gasteiger partial charge in [0.1, 0.15) is 5.82 Å². The highest BCUT2D eigenvalue weighted by Gasteiger charge is 2.41. The van der Waals surface area contributed by atoms with E-state index in [1.54, 1.807) is 11.0 Å². The Morgan fingerprint density at radius 2 is 1.89 bits per heavy atom. The van der Waals surface area contributed by atoms with Crippen molar-refractivity contribution in [3.63, 3.8) is 0 Å². The van der Waals surface area contributed by atoms with Crippen molar-refractivity contribution in [2.45, 2.75) is 24.8 Å². The fourth-order valence-corrected chi connectivity index (χ4v) is 4.57. The predicted octanol–water partition coefficient (Wildman–Crippen LogP) is 3.00. The van der Waals surface area contributed by atoms with E-state index in [1.807, 2.05) is 12.1 Å². The van der Waals surface area contributed by atoms with Crippen molar-refractivity contribution >= 4 is 11.6 Å². The topological polar surface area (TPSA) is 49.6 Å². The fourth-order valence-electron chi connectivity index (χ4n) is 4.57. The zero-order chi connectivity index (χ0) is 18.8. The van der Waals surface area contributed by atoms with E-state index in [-0.39, 0.29) is 17.8 Å². The molecule has 1 amide bonds. The first kappa shape index (κ1) is 18.1. The van der Waals surface area contributed by atoms with Crippen molar-refractivity contribution in [3.8, 4) is 0 Å². The molecule has 0 saturated carbocycles. The van der Waals surface area contributed by atoms with Crippen LogP contribution in [-0.2, 0) is 4.79 Å². The minimum atomic E-state index is -0.309. The molecule has 2 N–H and O–H groups in total. The molecule has 0 spiro atoms. The zero-order valence-corrected chi connectivity index (χ0v) is 15.4. The first-order valence-electron chi connectivity index (χ1n) is 9.73. The average molecular weight is 367 g/mol. The lowest BCUT2D eigenvalue weighted by Crippen LogP contribution is -2.52. The molecular weight excluding hydrogens is 341 g/mol. The largest absolute Gasteiger partial charge is 0.330 e.